The fourth-order valence-corrected chi connectivity index (χ4v) is 1.23. The van der Waals surface area contributed by atoms with Gasteiger partial charge >= 0.3 is 0 Å². The van der Waals surface area contributed by atoms with E-state index in [1.807, 2.05) is 26.8 Å². The Morgan fingerprint density at radius 3 is 2.83 bits per heavy atom. The van der Waals surface area contributed by atoms with E-state index in [0.29, 0.717) is 11.3 Å². The normalized spacial score (nSPS) is 10.8. The molecule has 1 rings (SSSR count). The summed E-state index contributed by atoms with van der Waals surface area (Å²) in [6.45, 7) is 5.90. The lowest BCUT2D eigenvalue weighted by Gasteiger charge is -2.22. The van der Waals surface area contributed by atoms with Crippen molar-refractivity contribution >= 4 is 11.6 Å². The minimum Gasteiger partial charge on any atom is -0.366 e. The molecule has 0 aliphatic rings. The summed E-state index contributed by atoms with van der Waals surface area (Å²) in [6.07, 6.45) is 0.837. The molecule has 18 heavy (non-hydrogen) atoms. The lowest BCUT2D eigenvalue weighted by molar-refractivity contribution is -0.126. The average molecular weight is 246 g/mol. The Kier molecular flexibility index (Phi) is 4.87. The van der Waals surface area contributed by atoms with Crippen molar-refractivity contribution in [1.82, 2.24) is 0 Å². The molecule has 0 saturated carbocycles. The predicted molar refractivity (Wildman–Crippen MR) is 70.1 cm³/mol. The average Bonchev–Trinajstić information content (AvgIpc) is 2.37. The summed E-state index contributed by atoms with van der Waals surface area (Å²) in [5.74, 6) is -0.216. The second-order valence-electron chi connectivity index (χ2n) is 4.64. The summed E-state index contributed by atoms with van der Waals surface area (Å²) in [6, 6.07) is 8.81. The van der Waals surface area contributed by atoms with Gasteiger partial charge in [0.1, 0.15) is 6.61 Å². The van der Waals surface area contributed by atoms with E-state index in [2.05, 4.69) is 5.32 Å². The minimum atomic E-state index is -0.300. The molecule has 0 bridgehead atoms. The number of amides is 1. The highest BCUT2D eigenvalue weighted by atomic mass is 16.5. The van der Waals surface area contributed by atoms with Gasteiger partial charge < -0.3 is 10.1 Å². The molecule has 0 saturated heterocycles. The van der Waals surface area contributed by atoms with Gasteiger partial charge in [-0.2, -0.15) is 5.26 Å². The van der Waals surface area contributed by atoms with Crippen LogP contribution in [-0.2, 0) is 9.53 Å². The Morgan fingerprint density at radius 2 is 2.22 bits per heavy atom. The summed E-state index contributed by atoms with van der Waals surface area (Å²) < 4.78 is 5.49. The van der Waals surface area contributed by atoms with Crippen LogP contribution < -0.4 is 5.32 Å². The van der Waals surface area contributed by atoms with Crippen LogP contribution in [-0.4, -0.2) is 18.1 Å². The van der Waals surface area contributed by atoms with Crippen LogP contribution in [0.25, 0.3) is 0 Å². The third-order valence-corrected chi connectivity index (χ3v) is 2.72. The van der Waals surface area contributed by atoms with Crippen LogP contribution in [0.2, 0.25) is 0 Å². The zero-order chi connectivity index (χ0) is 13.6. The minimum absolute atomic E-state index is 0.0115. The molecule has 0 heterocycles. The number of hydrogen-bond acceptors (Lipinski definition) is 3. The van der Waals surface area contributed by atoms with Crippen molar-refractivity contribution in [3.8, 4) is 6.07 Å². The first kappa shape index (κ1) is 14.2. The zero-order valence-electron chi connectivity index (χ0n) is 11.0. The molecule has 4 nitrogen and oxygen atoms in total. The van der Waals surface area contributed by atoms with Crippen molar-refractivity contribution in [1.29, 1.82) is 5.26 Å². The number of carbonyl (C=O) groups is 1. The fraction of sp³-hybridized carbons (Fsp3) is 0.429. The van der Waals surface area contributed by atoms with Gasteiger partial charge in [-0.05, 0) is 38.5 Å². The topological polar surface area (TPSA) is 62.1 Å². The fourth-order valence-electron chi connectivity index (χ4n) is 1.23. The zero-order valence-corrected chi connectivity index (χ0v) is 11.0. The van der Waals surface area contributed by atoms with Crippen molar-refractivity contribution in [2.45, 2.75) is 32.8 Å². The first-order valence-electron chi connectivity index (χ1n) is 5.91. The number of anilines is 1. The molecule has 0 unspecified atom stereocenters. The third kappa shape index (κ3) is 4.56. The lowest BCUT2D eigenvalue weighted by atomic mass is 10.1. The van der Waals surface area contributed by atoms with Gasteiger partial charge in [-0.25, -0.2) is 0 Å². The second-order valence-corrected chi connectivity index (χ2v) is 4.64. The van der Waals surface area contributed by atoms with E-state index < -0.39 is 0 Å². The molecule has 0 fully saturated rings. The van der Waals surface area contributed by atoms with Gasteiger partial charge in [0.2, 0.25) is 5.91 Å². The van der Waals surface area contributed by atoms with Crippen molar-refractivity contribution in [3.05, 3.63) is 29.8 Å². The quantitative estimate of drug-likeness (QED) is 0.868. The standard InChI is InChI=1S/C14H18N2O2/c1-4-14(2,3)18-10-13(17)16-12-7-5-6-11(8-12)9-15/h5-8H,4,10H2,1-3H3,(H,16,17). The predicted octanol–water partition coefficient (Wildman–Crippen LogP) is 2.70. The highest BCUT2D eigenvalue weighted by Gasteiger charge is 2.17. The number of benzene rings is 1. The SMILES string of the molecule is CCC(C)(C)OCC(=O)Nc1cccc(C#N)c1. The third-order valence-electron chi connectivity index (χ3n) is 2.72. The van der Waals surface area contributed by atoms with E-state index in [1.54, 1.807) is 24.3 Å². The smallest absolute Gasteiger partial charge is 0.250 e. The number of rotatable bonds is 5. The molecule has 0 radical (unpaired) electrons. The Morgan fingerprint density at radius 1 is 1.50 bits per heavy atom. The summed E-state index contributed by atoms with van der Waals surface area (Å²) in [4.78, 5) is 11.7. The van der Waals surface area contributed by atoms with Crippen LogP contribution in [0.15, 0.2) is 24.3 Å². The maximum atomic E-state index is 11.7. The summed E-state index contributed by atoms with van der Waals surface area (Å²) in [5.41, 5.74) is 0.825. The number of nitriles is 1. The first-order valence-corrected chi connectivity index (χ1v) is 5.91. The van der Waals surface area contributed by atoms with Gasteiger partial charge in [0.15, 0.2) is 0 Å². The maximum absolute atomic E-state index is 11.7. The van der Waals surface area contributed by atoms with Gasteiger partial charge in [-0.15, -0.1) is 0 Å². The van der Waals surface area contributed by atoms with Crippen LogP contribution in [0.5, 0.6) is 0 Å². The highest BCUT2D eigenvalue weighted by Crippen LogP contribution is 2.14. The molecule has 1 aromatic carbocycles. The summed E-state index contributed by atoms with van der Waals surface area (Å²) in [7, 11) is 0. The van der Waals surface area contributed by atoms with E-state index >= 15 is 0 Å². The largest absolute Gasteiger partial charge is 0.366 e. The molecule has 0 aromatic heterocycles. The molecule has 0 aliphatic carbocycles. The van der Waals surface area contributed by atoms with Gasteiger partial charge in [0, 0.05) is 5.69 Å². The number of nitrogens with zero attached hydrogens (tertiary/aromatic N) is 1. The van der Waals surface area contributed by atoms with Crippen LogP contribution in [0.1, 0.15) is 32.8 Å². The molecule has 1 amide bonds. The van der Waals surface area contributed by atoms with Crippen LogP contribution in [0.4, 0.5) is 5.69 Å². The molecule has 1 aromatic rings. The number of carbonyl (C=O) groups excluding carboxylic acids is 1. The number of ether oxygens (including phenoxy) is 1. The second kappa shape index (κ2) is 6.18. The molecule has 1 N–H and O–H groups in total. The number of nitrogens with one attached hydrogen (secondary N) is 1. The van der Waals surface area contributed by atoms with Crippen LogP contribution in [0, 0.1) is 11.3 Å². The van der Waals surface area contributed by atoms with E-state index in [4.69, 9.17) is 10.00 Å². The Balaban J connectivity index is 2.52. The van der Waals surface area contributed by atoms with Gasteiger partial charge in [0.05, 0.1) is 17.2 Å². The van der Waals surface area contributed by atoms with Gasteiger partial charge in [-0.3, -0.25) is 4.79 Å². The molecule has 0 atom stereocenters. The Labute approximate surface area is 108 Å². The van der Waals surface area contributed by atoms with Crippen molar-refractivity contribution < 1.29 is 9.53 Å². The molecular formula is C14H18N2O2. The Hall–Kier alpha value is -1.86. The molecule has 96 valence electrons. The summed E-state index contributed by atoms with van der Waals surface area (Å²) >= 11 is 0. The summed E-state index contributed by atoms with van der Waals surface area (Å²) in [5, 5.41) is 11.4. The van der Waals surface area contributed by atoms with Gasteiger partial charge in [-0.1, -0.05) is 13.0 Å². The molecule has 4 heteroatoms. The van der Waals surface area contributed by atoms with E-state index in [0.717, 1.165) is 6.42 Å². The first-order chi connectivity index (χ1) is 8.46. The van der Waals surface area contributed by atoms with Gasteiger partial charge in [0.25, 0.3) is 0 Å². The molecule has 0 spiro atoms. The lowest BCUT2D eigenvalue weighted by Crippen LogP contribution is -2.29. The van der Waals surface area contributed by atoms with E-state index in [1.165, 1.54) is 0 Å². The Bertz CT molecular complexity index is 461. The van der Waals surface area contributed by atoms with Crippen molar-refractivity contribution in [3.63, 3.8) is 0 Å². The molecular weight excluding hydrogens is 228 g/mol. The van der Waals surface area contributed by atoms with E-state index in [9.17, 15) is 4.79 Å². The monoisotopic (exact) mass is 246 g/mol. The van der Waals surface area contributed by atoms with Crippen LogP contribution >= 0.6 is 0 Å². The number of hydrogen-bond donors (Lipinski definition) is 1. The van der Waals surface area contributed by atoms with Crippen molar-refractivity contribution in [2.75, 3.05) is 11.9 Å². The van der Waals surface area contributed by atoms with Crippen molar-refractivity contribution in [2.24, 2.45) is 0 Å². The van der Waals surface area contributed by atoms with Crippen LogP contribution in [0.3, 0.4) is 0 Å². The van der Waals surface area contributed by atoms with E-state index in [-0.39, 0.29) is 18.1 Å². The maximum Gasteiger partial charge on any atom is 0.250 e. The molecule has 0 aliphatic heterocycles. The highest BCUT2D eigenvalue weighted by molar-refractivity contribution is 5.91.